The van der Waals surface area contributed by atoms with E-state index in [-0.39, 0.29) is 0 Å². The van der Waals surface area contributed by atoms with Crippen molar-refractivity contribution in [2.45, 2.75) is 26.2 Å². The third-order valence-corrected chi connectivity index (χ3v) is 3.52. The predicted octanol–water partition coefficient (Wildman–Crippen LogP) is 1.98. The highest BCUT2D eigenvalue weighted by Crippen LogP contribution is 2.24. The predicted molar refractivity (Wildman–Crippen MR) is 66.9 cm³/mol. The maximum Gasteiger partial charge on any atom is 0.182 e. The Balaban J connectivity index is 1.94. The van der Waals surface area contributed by atoms with Crippen molar-refractivity contribution in [1.29, 1.82) is 0 Å². The van der Waals surface area contributed by atoms with Gasteiger partial charge in [-0.2, -0.15) is 0 Å². The Bertz CT molecular complexity index is 506. The first kappa shape index (κ1) is 10.5. The second-order valence-corrected chi connectivity index (χ2v) is 4.82. The van der Waals surface area contributed by atoms with Crippen LogP contribution in [0.15, 0.2) is 12.7 Å². The summed E-state index contributed by atoms with van der Waals surface area (Å²) in [5.41, 5.74) is 1.72. The lowest BCUT2D eigenvalue weighted by Gasteiger charge is -2.21. The van der Waals surface area contributed by atoms with Gasteiger partial charge in [0, 0.05) is 13.1 Å². The molecule has 0 amide bonds. The molecule has 1 saturated heterocycles. The zero-order valence-corrected chi connectivity index (χ0v) is 10.1. The van der Waals surface area contributed by atoms with Crippen LogP contribution in [0, 0.1) is 5.92 Å². The maximum atomic E-state index is 4.41. The molecule has 2 aromatic heterocycles. The van der Waals surface area contributed by atoms with E-state index in [0.717, 1.165) is 36.0 Å². The summed E-state index contributed by atoms with van der Waals surface area (Å²) in [6.07, 6.45) is 7.07. The molecule has 0 spiro atoms. The molecule has 5 nitrogen and oxygen atoms in total. The van der Waals surface area contributed by atoms with Gasteiger partial charge in [0.15, 0.2) is 11.5 Å². The van der Waals surface area contributed by atoms with Crippen LogP contribution in [0.3, 0.4) is 0 Å². The Kier molecular flexibility index (Phi) is 2.66. The van der Waals surface area contributed by atoms with Crippen molar-refractivity contribution in [3.8, 4) is 0 Å². The Morgan fingerprint density at radius 2 is 2.18 bits per heavy atom. The largest absolute Gasteiger partial charge is 0.355 e. The minimum Gasteiger partial charge on any atom is -0.355 e. The molecule has 0 aliphatic carbocycles. The first-order chi connectivity index (χ1) is 8.34. The lowest BCUT2D eigenvalue weighted by molar-refractivity contribution is 0.521. The number of rotatable bonds is 1. The van der Waals surface area contributed by atoms with Crippen molar-refractivity contribution in [2.24, 2.45) is 5.92 Å². The highest BCUT2D eigenvalue weighted by atomic mass is 15.2. The molecule has 3 rings (SSSR count). The fourth-order valence-electron chi connectivity index (χ4n) is 2.47. The zero-order valence-electron chi connectivity index (χ0n) is 10.1. The molecule has 90 valence electrons. The molecule has 1 aliphatic heterocycles. The number of H-pyrrole nitrogens is 1. The van der Waals surface area contributed by atoms with Crippen LogP contribution < -0.4 is 4.90 Å². The summed E-state index contributed by atoms with van der Waals surface area (Å²) in [6.45, 7) is 4.48. The molecule has 0 aromatic carbocycles. The van der Waals surface area contributed by atoms with Gasteiger partial charge < -0.3 is 9.88 Å². The molecule has 17 heavy (non-hydrogen) atoms. The first-order valence-corrected chi connectivity index (χ1v) is 6.23. The molecular formula is C12H17N5. The molecule has 0 saturated carbocycles. The first-order valence-electron chi connectivity index (χ1n) is 6.23. The summed E-state index contributed by atoms with van der Waals surface area (Å²) in [5.74, 6) is 1.82. The fraction of sp³-hybridized carbons (Fsp3) is 0.583. The van der Waals surface area contributed by atoms with Gasteiger partial charge in [0.05, 0.1) is 6.33 Å². The molecule has 1 N–H and O–H groups in total. The molecule has 1 unspecified atom stereocenters. The van der Waals surface area contributed by atoms with E-state index in [1.807, 2.05) is 0 Å². The van der Waals surface area contributed by atoms with Crippen molar-refractivity contribution in [3.05, 3.63) is 12.7 Å². The molecule has 0 radical (unpaired) electrons. The highest BCUT2D eigenvalue weighted by molar-refractivity contribution is 5.82. The Morgan fingerprint density at radius 1 is 1.24 bits per heavy atom. The maximum absolute atomic E-state index is 4.41. The van der Waals surface area contributed by atoms with E-state index in [2.05, 4.69) is 31.8 Å². The lowest BCUT2D eigenvalue weighted by Crippen LogP contribution is -2.25. The molecule has 3 heterocycles. The average Bonchev–Trinajstić information content (AvgIpc) is 2.72. The molecule has 0 bridgehead atoms. The van der Waals surface area contributed by atoms with Gasteiger partial charge in [0.2, 0.25) is 0 Å². The average molecular weight is 231 g/mol. The van der Waals surface area contributed by atoms with Crippen LogP contribution in [0.1, 0.15) is 26.2 Å². The van der Waals surface area contributed by atoms with E-state index in [0.29, 0.717) is 0 Å². The van der Waals surface area contributed by atoms with Crippen molar-refractivity contribution in [2.75, 3.05) is 18.0 Å². The number of nitrogens with zero attached hydrogens (tertiary/aromatic N) is 4. The minimum atomic E-state index is 0.757. The number of nitrogens with one attached hydrogen (secondary N) is 1. The zero-order chi connectivity index (χ0) is 11.7. The van der Waals surface area contributed by atoms with Crippen molar-refractivity contribution in [3.63, 3.8) is 0 Å². The van der Waals surface area contributed by atoms with E-state index in [9.17, 15) is 0 Å². The van der Waals surface area contributed by atoms with Gasteiger partial charge in [-0.1, -0.05) is 6.92 Å². The van der Waals surface area contributed by atoms with Crippen molar-refractivity contribution in [1.82, 2.24) is 19.9 Å². The summed E-state index contributed by atoms with van der Waals surface area (Å²) in [5, 5.41) is 0. The van der Waals surface area contributed by atoms with E-state index < -0.39 is 0 Å². The van der Waals surface area contributed by atoms with Gasteiger partial charge in [-0.3, -0.25) is 0 Å². The number of anilines is 1. The van der Waals surface area contributed by atoms with Crippen LogP contribution in [0.2, 0.25) is 0 Å². The van der Waals surface area contributed by atoms with Gasteiger partial charge in [-0.25, -0.2) is 15.0 Å². The smallest absolute Gasteiger partial charge is 0.182 e. The van der Waals surface area contributed by atoms with E-state index >= 15 is 0 Å². The topological polar surface area (TPSA) is 57.7 Å². The normalized spacial score (nSPS) is 21.7. The molecular weight excluding hydrogens is 214 g/mol. The number of aromatic nitrogens is 4. The highest BCUT2D eigenvalue weighted by Gasteiger charge is 2.17. The van der Waals surface area contributed by atoms with E-state index in [4.69, 9.17) is 0 Å². The number of aromatic amines is 1. The van der Waals surface area contributed by atoms with Gasteiger partial charge in [0.25, 0.3) is 0 Å². The van der Waals surface area contributed by atoms with Crippen LogP contribution in [0.4, 0.5) is 5.82 Å². The van der Waals surface area contributed by atoms with Gasteiger partial charge in [0.1, 0.15) is 11.8 Å². The van der Waals surface area contributed by atoms with Crippen molar-refractivity contribution < 1.29 is 0 Å². The van der Waals surface area contributed by atoms with Gasteiger partial charge in [-0.05, 0) is 25.2 Å². The van der Waals surface area contributed by atoms with Crippen LogP contribution in [0.5, 0.6) is 0 Å². The number of fused-ring (bicyclic) bond motifs is 1. The Morgan fingerprint density at radius 3 is 3.12 bits per heavy atom. The molecule has 2 aromatic rings. The third kappa shape index (κ3) is 1.97. The monoisotopic (exact) mass is 231 g/mol. The standard InChI is InChI=1S/C12H17N5/c1-9-3-2-5-17(6-4-9)12-10-11(14-7-13-10)15-8-16-12/h7-9H,2-6H2,1H3,(H,13,14,15,16). The summed E-state index contributed by atoms with van der Waals surface area (Å²) in [6, 6.07) is 0. The third-order valence-electron chi connectivity index (χ3n) is 3.52. The van der Waals surface area contributed by atoms with Crippen LogP contribution in [0.25, 0.3) is 11.2 Å². The van der Waals surface area contributed by atoms with Crippen LogP contribution in [-0.4, -0.2) is 33.0 Å². The molecule has 1 fully saturated rings. The fourth-order valence-corrected chi connectivity index (χ4v) is 2.47. The van der Waals surface area contributed by atoms with Crippen LogP contribution in [-0.2, 0) is 0 Å². The van der Waals surface area contributed by atoms with E-state index in [1.165, 1.54) is 19.3 Å². The second-order valence-electron chi connectivity index (χ2n) is 4.82. The van der Waals surface area contributed by atoms with Gasteiger partial charge >= 0.3 is 0 Å². The molecule has 5 heteroatoms. The molecule has 1 aliphatic rings. The second kappa shape index (κ2) is 4.31. The SMILES string of the molecule is CC1CCCN(c2ncnc3nc[nH]c23)CC1. The Labute approximate surface area is 100 Å². The quantitative estimate of drug-likeness (QED) is 0.815. The summed E-state index contributed by atoms with van der Waals surface area (Å²) in [7, 11) is 0. The summed E-state index contributed by atoms with van der Waals surface area (Å²) in [4.78, 5) is 18.2. The lowest BCUT2D eigenvalue weighted by atomic mass is 10.0. The van der Waals surface area contributed by atoms with Crippen molar-refractivity contribution >= 4 is 17.0 Å². The number of imidazole rings is 1. The van der Waals surface area contributed by atoms with E-state index in [1.54, 1.807) is 12.7 Å². The number of hydrogen-bond acceptors (Lipinski definition) is 4. The summed E-state index contributed by atoms with van der Waals surface area (Å²) >= 11 is 0. The Hall–Kier alpha value is -1.65. The summed E-state index contributed by atoms with van der Waals surface area (Å²) < 4.78 is 0. The van der Waals surface area contributed by atoms with Gasteiger partial charge in [-0.15, -0.1) is 0 Å². The minimum absolute atomic E-state index is 0.757. The molecule has 1 atom stereocenters. The number of hydrogen-bond donors (Lipinski definition) is 1. The van der Waals surface area contributed by atoms with Crippen LogP contribution >= 0.6 is 0 Å².